The Kier molecular flexibility index (Phi) is 9.85. The molecule has 4 rings (SSSR count). The number of hydrogen-bond donors (Lipinski definition) is 1. The first-order chi connectivity index (χ1) is 18.9. The van der Waals surface area contributed by atoms with Crippen molar-refractivity contribution >= 4 is 45.8 Å². The number of ether oxygens (including phenoxy) is 1. The van der Waals surface area contributed by atoms with E-state index in [4.69, 9.17) is 27.9 Å². The van der Waals surface area contributed by atoms with E-state index in [0.29, 0.717) is 22.2 Å². The first kappa shape index (κ1) is 28.5. The fourth-order valence-electron chi connectivity index (χ4n) is 4.37. The summed E-state index contributed by atoms with van der Waals surface area (Å²) in [6, 6.07) is 27.7. The Morgan fingerprint density at radius 1 is 0.872 bits per heavy atom. The molecule has 0 saturated carbocycles. The molecule has 2 amide bonds. The number of hydrogen-bond acceptors (Lipinski definition) is 3. The normalized spacial score (nSPS) is 12.5. The van der Waals surface area contributed by atoms with Crippen molar-refractivity contribution in [1.29, 1.82) is 0 Å². The van der Waals surface area contributed by atoms with Crippen molar-refractivity contribution in [2.24, 2.45) is 0 Å². The molecule has 0 aromatic heterocycles. The van der Waals surface area contributed by atoms with Gasteiger partial charge in [0.15, 0.2) is 6.61 Å². The highest BCUT2D eigenvalue weighted by Gasteiger charge is 2.31. The molecule has 0 aliphatic rings. The van der Waals surface area contributed by atoms with Crippen LogP contribution >= 0.6 is 23.2 Å². The lowest BCUT2D eigenvalue weighted by Gasteiger charge is -2.32. The summed E-state index contributed by atoms with van der Waals surface area (Å²) in [7, 11) is 0. The Hall–Kier alpha value is -3.54. The zero-order valence-corrected chi connectivity index (χ0v) is 23.6. The van der Waals surface area contributed by atoms with Crippen LogP contribution in [0.5, 0.6) is 5.75 Å². The highest BCUT2D eigenvalue weighted by atomic mass is 35.5. The summed E-state index contributed by atoms with van der Waals surface area (Å²) in [6.45, 7) is 3.90. The summed E-state index contributed by atoms with van der Waals surface area (Å²) in [4.78, 5) is 29.1. The van der Waals surface area contributed by atoms with Gasteiger partial charge in [0.1, 0.15) is 11.8 Å². The second-order valence-electron chi connectivity index (χ2n) is 9.56. The number of amides is 2. The number of nitrogens with one attached hydrogen (secondary N) is 1. The van der Waals surface area contributed by atoms with E-state index >= 15 is 0 Å². The summed E-state index contributed by atoms with van der Waals surface area (Å²) in [5.74, 6) is 0.0839. The molecule has 202 valence electrons. The molecule has 0 bridgehead atoms. The smallest absolute Gasteiger partial charge is 0.261 e. The molecular formula is C32H32Cl2N2O3. The lowest BCUT2D eigenvalue weighted by molar-refractivity contribution is -0.143. The predicted molar refractivity (Wildman–Crippen MR) is 158 cm³/mol. The SMILES string of the molecule is CC[C@H](C)NC(=O)[C@@H](Cc1ccccc1)N(Cc1ccc(Cl)c(Cl)c1)C(=O)COc1cccc2ccccc12. The van der Waals surface area contributed by atoms with Crippen LogP contribution < -0.4 is 10.1 Å². The fourth-order valence-corrected chi connectivity index (χ4v) is 4.69. The molecule has 2 atom stereocenters. The molecule has 0 fully saturated rings. The second-order valence-corrected chi connectivity index (χ2v) is 10.4. The molecule has 0 unspecified atom stereocenters. The van der Waals surface area contributed by atoms with Crippen molar-refractivity contribution in [2.45, 2.75) is 45.3 Å². The maximum Gasteiger partial charge on any atom is 0.261 e. The van der Waals surface area contributed by atoms with Gasteiger partial charge in [0.05, 0.1) is 10.0 Å². The van der Waals surface area contributed by atoms with Crippen molar-refractivity contribution in [3.8, 4) is 5.75 Å². The zero-order chi connectivity index (χ0) is 27.8. The van der Waals surface area contributed by atoms with E-state index in [2.05, 4.69) is 5.32 Å². The van der Waals surface area contributed by atoms with Gasteiger partial charge >= 0.3 is 0 Å². The topological polar surface area (TPSA) is 58.6 Å². The molecule has 5 nitrogen and oxygen atoms in total. The standard InChI is InChI=1S/C32H32Cl2N2O3/c1-3-22(2)35-32(38)29(19-23-10-5-4-6-11-23)36(20-24-16-17-27(33)28(34)18-24)31(37)21-39-30-15-9-13-25-12-7-8-14-26(25)30/h4-18,22,29H,3,19-21H2,1-2H3,(H,35,38)/t22-,29+/m0/s1. The lowest BCUT2D eigenvalue weighted by atomic mass is 10.0. The maximum absolute atomic E-state index is 13.9. The number of fused-ring (bicyclic) bond motifs is 1. The van der Waals surface area contributed by atoms with Crippen molar-refractivity contribution in [3.05, 3.63) is 112 Å². The molecule has 1 N–H and O–H groups in total. The molecule has 0 saturated heterocycles. The molecule has 4 aromatic carbocycles. The van der Waals surface area contributed by atoms with Crippen LogP contribution in [-0.4, -0.2) is 35.4 Å². The van der Waals surface area contributed by atoms with E-state index in [1.807, 2.05) is 92.7 Å². The van der Waals surface area contributed by atoms with Gasteiger partial charge in [-0.1, -0.05) is 103 Å². The minimum Gasteiger partial charge on any atom is -0.483 e. The summed E-state index contributed by atoms with van der Waals surface area (Å²) >= 11 is 12.4. The molecule has 0 spiro atoms. The highest BCUT2D eigenvalue weighted by Crippen LogP contribution is 2.27. The Morgan fingerprint density at radius 2 is 1.59 bits per heavy atom. The molecule has 0 aliphatic heterocycles. The molecule has 7 heteroatoms. The van der Waals surface area contributed by atoms with Gasteiger partial charge in [-0.25, -0.2) is 0 Å². The van der Waals surface area contributed by atoms with E-state index in [0.717, 1.165) is 28.3 Å². The van der Waals surface area contributed by atoms with Crippen LogP contribution in [0, 0.1) is 0 Å². The lowest BCUT2D eigenvalue weighted by Crippen LogP contribution is -2.53. The number of benzene rings is 4. The van der Waals surface area contributed by atoms with Crippen molar-refractivity contribution in [1.82, 2.24) is 10.2 Å². The van der Waals surface area contributed by atoms with Crippen LogP contribution in [0.15, 0.2) is 91.0 Å². The molecule has 0 radical (unpaired) electrons. The number of nitrogens with zero attached hydrogens (tertiary/aromatic N) is 1. The Labute approximate surface area is 239 Å². The number of carbonyl (C=O) groups excluding carboxylic acids is 2. The monoisotopic (exact) mass is 562 g/mol. The van der Waals surface area contributed by atoms with Crippen LogP contribution in [-0.2, 0) is 22.6 Å². The van der Waals surface area contributed by atoms with Gasteiger partial charge in [-0.05, 0) is 48.1 Å². The molecule has 39 heavy (non-hydrogen) atoms. The molecule has 0 aliphatic carbocycles. The predicted octanol–water partition coefficient (Wildman–Crippen LogP) is 7.08. The summed E-state index contributed by atoms with van der Waals surface area (Å²) < 4.78 is 6.05. The van der Waals surface area contributed by atoms with Gasteiger partial charge < -0.3 is 15.0 Å². The van der Waals surface area contributed by atoms with Crippen LogP contribution in [0.4, 0.5) is 0 Å². The van der Waals surface area contributed by atoms with Crippen molar-refractivity contribution < 1.29 is 14.3 Å². The van der Waals surface area contributed by atoms with Crippen LogP contribution in [0.1, 0.15) is 31.4 Å². The summed E-state index contributed by atoms with van der Waals surface area (Å²) in [6.07, 6.45) is 1.12. The number of carbonyl (C=O) groups is 2. The zero-order valence-electron chi connectivity index (χ0n) is 22.1. The van der Waals surface area contributed by atoms with E-state index in [9.17, 15) is 9.59 Å². The Balaban J connectivity index is 1.66. The summed E-state index contributed by atoms with van der Waals surface area (Å²) in [5, 5.41) is 5.81. The van der Waals surface area contributed by atoms with E-state index in [1.165, 1.54) is 0 Å². The van der Waals surface area contributed by atoms with Crippen LogP contribution in [0.2, 0.25) is 10.0 Å². The van der Waals surface area contributed by atoms with Crippen molar-refractivity contribution in [3.63, 3.8) is 0 Å². The minimum atomic E-state index is -0.764. The third-order valence-electron chi connectivity index (χ3n) is 6.71. The van der Waals surface area contributed by atoms with Gasteiger partial charge in [-0.3, -0.25) is 9.59 Å². The van der Waals surface area contributed by atoms with Crippen LogP contribution in [0.25, 0.3) is 10.8 Å². The van der Waals surface area contributed by atoms with Crippen molar-refractivity contribution in [2.75, 3.05) is 6.61 Å². The van der Waals surface area contributed by atoms with Gasteiger partial charge in [-0.15, -0.1) is 0 Å². The van der Waals surface area contributed by atoms with E-state index in [-0.39, 0.29) is 31.0 Å². The Bertz CT molecular complexity index is 1420. The third kappa shape index (κ3) is 7.53. The third-order valence-corrected chi connectivity index (χ3v) is 7.45. The quantitative estimate of drug-likeness (QED) is 0.212. The maximum atomic E-state index is 13.9. The first-order valence-corrected chi connectivity index (χ1v) is 13.8. The minimum absolute atomic E-state index is 0.0374. The van der Waals surface area contributed by atoms with Gasteiger partial charge in [0.25, 0.3) is 5.91 Å². The summed E-state index contributed by atoms with van der Waals surface area (Å²) in [5.41, 5.74) is 1.71. The van der Waals surface area contributed by atoms with E-state index < -0.39 is 6.04 Å². The first-order valence-electron chi connectivity index (χ1n) is 13.0. The van der Waals surface area contributed by atoms with Gasteiger partial charge in [-0.2, -0.15) is 0 Å². The van der Waals surface area contributed by atoms with Crippen LogP contribution in [0.3, 0.4) is 0 Å². The highest BCUT2D eigenvalue weighted by molar-refractivity contribution is 6.42. The number of halogens is 2. The molecule has 4 aromatic rings. The fraction of sp³-hybridized carbons (Fsp3) is 0.250. The second kappa shape index (κ2) is 13.5. The van der Waals surface area contributed by atoms with Gasteiger partial charge in [0.2, 0.25) is 5.91 Å². The average molecular weight is 564 g/mol. The molecule has 0 heterocycles. The Morgan fingerprint density at radius 3 is 2.33 bits per heavy atom. The van der Waals surface area contributed by atoms with E-state index in [1.54, 1.807) is 17.0 Å². The van der Waals surface area contributed by atoms with Gasteiger partial charge in [0, 0.05) is 24.4 Å². The average Bonchev–Trinajstić information content (AvgIpc) is 2.95. The number of rotatable bonds is 11. The molecular weight excluding hydrogens is 531 g/mol. The largest absolute Gasteiger partial charge is 0.483 e.